The van der Waals surface area contributed by atoms with E-state index in [1.165, 1.54) is 25.7 Å². The predicted molar refractivity (Wildman–Crippen MR) is 138 cm³/mol. The summed E-state index contributed by atoms with van der Waals surface area (Å²) in [4.78, 5) is 7.42. The molecule has 1 saturated heterocycles. The Morgan fingerprint density at radius 1 is 1.23 bits per heavy atom. The molecule has 8 nitrogen and oxygen atoms in total. The zero-order valence-corrected chi connectivity index (χ0v) is 22.3. The molecule has 1 aliphatic heterocycles. The van der Waals surface area contributed by atoms with E-state index in [4.69, 9.17) is 9.73 Å². The molecule has 0 amide bonds. The Kier molecular flexibility index (Phi) is 15.1. The Morgan fingerprint density at radius 2 is 2.00 bits per heavy atom. The van der Waals surface area contributed by atoms with E-state index >= 15 is 0 Å². The van der Waals surface area contributed by atoms with Crippen molar-refractivity contribution in [3.8, 4) is 0 Å². The lowest BCUT2D eigenvalue weighted by molar-refractivity contribution is 0.0211. The first-order valence-corrected chi connectivity index (χ1v) is 11.9. The van der Waals surface area contributed by atoms with E-state index in [9.17, 15) is 0 Å². The Hall–Kier alpha value is -0.940. The number of aliphatic imine (C=N–C) groups is 1. The summed E-state index contributed by atoms with van der Waals surface area (Å²) in [5.41, 5.74) is 0. The molecule has 0 radical (unpaired) electrons. The first kappa shape index (κ1) is 28.1. The number of aryl methyl sites for hydroxylation is 1. The normalized spacial score (nSPS) is 17.1. The highest BCUT2D eigenvalue weighted by Gasteiger charge is 2.17. The fourth-order valence-corrected chi connectivity index (χ4v) is 3.74. The lowest BCUT2D eigenvalue weighted by Crippen LogP contribution is -2.49. The highest BCUT2D eigenvalue weighted by molar-refractivity contribution is 14.0. The van der Waals surface area contributed by atoms with Gasteiger partial charge in [0.05, 0.1) is 13.2 Å². The molecule has 2 heterocycles. The minimum Gasteiger partial charge on any atom is -0.379 e. The third-order valence-electron chi connectivity index (χ3n) is 5.94. The molecule has 1 aromatic heterocycles. The monoisotopic (exact) mass is 549 g/mol. The smallest absolute Gasteiger partial charge is 0.191 e. The van der Waals surface area contributed by atoms with E-state index in [2.05, 4.69) is 58.0 Å². The van der Waals surface area contributed by atoms with Gasteiger partial charge in [-0.2, -0.15) is 0 Å². The van der Waals surface area contributed by atoms with Crippen molar-refractivity contribution in [1.82, 2.24) is 30.3 Å². The summed E-state index contributed by atoms with van der Waals surface area (Å²) in [5.74, 6) is 2.59. The number of nitrogens with one attached hydrogen (secondary N) is 2. The first-order valence-electron chi connectivity index (χ1n) is 11.9. The molecule has 0 bridgehead atoms. The van der Waals surface area contributed by atoms with Gasteiger partial charge in [-0.3, -0.25) is 9.89 Å². The number of rotatable bonds is 13. The second kappa shape index (κ2) is 16.7. The van der Waals surface area contributed by atoms with Crippen molar-refractivity contribution in [3.05, 3.63) is 12.2 Å². The summed E-state index contributed by atoms with van der Waals surface area (Å²) in [7, 11) is 0. The number of guanidine groups is 1. The minimum absolute atomic E-state index is 0. The zero-order valence-electron chi connectivity index (χ0n) is 20.0. The van der Waals surface area contributed by atoms with Crippen LogP contribution in [0.15, 0.2) is 11.3 Å². The van der Waals surface area contributed by atoms with Gasteiger partial charge in [0.15, 0.2) is 5.96 Å². The highest BCUT2D eigenvalue weighted by Crippen LogP contribution is 2.12. The zero-order chi connectivity index (χ0) is 21.6. The van der Waals surface area contributed by atoms with Gasteiger partial charge in [-0.05, 0) is 19.3 Å². The van der Waals surface area contributed by atoms with E-state index in [-0.39, 0.29) is 24.0 Å². The largest absolute Gasteiger partial charge is 0.379 e. The van der Waals surface area contributed by atoms with Crippen molar-refractivity contribution in [2.24, 2.45) is 10.9 Å². The Balaban J connectivity index is 0.00000480. The molecule has 1 aliphatic rings. The van der Waals surface area contributed by atoms with Crippen LogP contribution in [0, 0.1) is 5.92 Å². The van der Waals surface area contributed by atoms with Gasteiger partial charge >= 0.3 is 0 Å². The van der Waals surface area contributed by atoms with Gasteiger partial charge in [-0.1, -0.05) is 40.0 Å². The molecular weight excluding hydrogens is 505 g/mol. The summed E-state index contributed by atoms with van der Waals surface area (Å²) < 4.78 is 7.59. The van der Waals surface area contributed by atoms with Crippen LogP contribution in [0.1, 0.15) is 59.2 Å². The average molecular weight is 550 g/mol. The van der Waals surface area contributed by atoms with E-state index < -0.39 is 0 Å². The molecule has 1 fully saturated rings. The molecule has 0 saturated carbocycles. The Morgan fingerprint density at radius 3 is 2.68 bits per heavy atom. The van der Waals surface area contributed by atoms with Crippen molar-refractivity contribution in [1.29, 1.82) is 0 Å². The van der Waals surface area contributed by atoms with Crippen LogP contribution in [-0.2, 0) is 17.7 Å². The molecule has 2 unspecified atom stereocenters. The summed E-state index contributed by atoms with van der Waals surface area (Å²) >= 11 is 0. The van der Waals surface area contributed by atoms with Gasteiger partial charge in [0.2, 0.25) is 0 Å². The number of aromatic nitrogens is 3. The van der Waals surface area contributed by atoms with E-state index in [1.54, 1.807) is 0 Å². The quantitative estimate of drug-likeness (QED) is 0.224. The van der Waals surface area contributed by atoms with Gasteiger partial charge < -0.3 is 19.9 Å². The fraction of sp³-hybridized carbons (Fsp3) is 0.864. The molecule has 0 aliphatic carbocycles. The maximum atomic E-state index is 5.48. The van der Waals surface area contributed by atoms with Crippen molar-refractivity contribution in [2.45, 2.75) is 72.4 Å². The Bertz CT molecular complexity index is 604. The molecule has 2 rings (SSSR count). The number of halogens is 1. The maximum absolute atomic E-state index is 5.48. The SMILES string of the molecule is CCCCC(CC)CN=C(NCCn1cnnc1CC)NCC(C)N1CCOCC1.I. The number of hydrogen-bond acceptors (Lipinski definition) is 5. The number of nitrogens with zero attached hydrogens (tertiary/aromatic N) is 5. The lowest BCUT2D eigenvalue weighted by atomic mass is 10.00. The van der Waals surface area contributed by atoms with Gasteiger partial charge in [0, 0.05) is 51.7 Å². The van der Waals surface area contributed by atoms with Gasteiger partial charge in [-0.25, -0.2) is 0 Å². The molecule has 2 atom stereocenters. The van der Waals surface area contributed by atoms with Crippen molar-refractivity contribution < 1.29 is 4.74 Å². The van der Waals surface area contributed by atoms with Crippen molar-refractivity contribution >= 4 is 29.9 Å². The number of ether oxygens (including phenoxy) is 1. The van der Waals surface area contributed by atoms with Crippen LogP contribution in [0.5, 0.6) is 0 Å². The Labute approximate surface area is 206 Å². The third kappa shape index (κ3) is 10.5. The predicted octanol–water partition coefficient (Wildman–Crippen LogP) is 2.93. The van der Waals surface area contributed by atoms with Gasteiger partial charge in [-0.15, -0.1) is 34.2 Å². The molecule has 0 spiro atoms. The third-order valence-corrected chi connectivity index (χ3v) is 5.94. The second-order valence-electron chi connectivity index (χ2n) is 8.20. The van der Waals surface area contributed by atoms with E-state index in [0.717, 1.165) is 70.7 Å². The minimum atomic E-state index is 0. The molecule has 2 N–H and O–H groups in total. The molecule has 9 heteroatoms. The van der Waals surface area contributed by atoms with Crippen LogP contribution in [0.3, 0.4) is 0 Å². The summed E-state index contributed by atoms with van der Waals surface area (Å²) in [6.07, 6.45) is 7.68. The van der Waals surface area contributed by atoms with E-state index in [1.807, 2.05) is 6.33 Å². The maximum Gasteiger partial charge on any atom is 0.191 e. The standard InChI is InChI=1S/C22H43N7O.HI/c1-5-8-9-20(6-2)17-25-22(23-10-11-29-18-26-27-21(29)7-3)24-16-19(4)28-12-14-30-15-13-28;/h18-20H,5-17H2,1-4H3,(H2,23,24,25);1H. The number of hydrogen-bond donors (Lipinski definition) is 2. The second-order valence-corrected chi connectivity index (χ2v) is 8.20. The van der Waals surface area contributed by atoms with Gasteiger partial charge in [0.25, 0.3) is 0 Å². The van der Waals surface area contributed by atoms with Crippen molar-refractivity contribution in [2.75, 3.05) is 45.9 Å². The number of morpholine rings is 1. The van der Waals surface area contributed by atoms with E-state index in [0.29, 0.717) is 12.0 Å². The van der Waals surface area contributed by atoms with Crippen LogP contribution in [-0.4, -0.2) is 77.6 Å². The molecular formula is C22H44IN7O. The van der Waals surface area contributed by atoms with Crippen LogP contribution < -0.4 is 10.6 Å². The first-order chi connectivity index (χ1) is 14.7. The van der Waals surface area contributed by atoms with Crippen LogP contribution in [0.2, 0.25) is 0 Å². The molecule has 31 heavy (non-hydrogen) atoms. The summed E-state index contributed by atoms with van der Waals surface area (Å²) in [5, 5.41) is 15.3. The molecule has 0 aromatic carbocycles. The topological polar surface area (TPSA) is 79.6 Å². The summed E-state index contributed by atoms with van der Waals surface area (Å²) in [6, 6.07) is 0.451. The number of unbranched alkanes of at least 4 members (excludes halogenated alkanes) is 1. The lowest BCUT2D eigenvalue weighted by Gasteiger charge is -2.32. The molecule has 180 valence electrons. The van der Waals surface area contributed by atoms with Crippen LogP contribution in [0.4, 0.5) is 0 Å². The highest BCUT2D eigenvalue weighted by atomic mass is 127. The summed E-state index contributed by atoms with van der Waals surface area (Å²) in [6.45, 7) is 16.0. The van der Waals surface area contributed by atoms with Crippen LogP contribution >= 0.6 is 24.0 Å². The molecule has 1 aromatic rings. The van der Waals surface area contributed by atoms with Gasteiger partial charge in [0.1, 0.15) is 12.2 Å². The van der Waals surface area contributed by atoms with Crippen molar-refractivity contribution in [3.63, 3.8) is 0 Å². The average Bonchev–Trinajstić information content (AvgIpc) is 3.24. The fourth-order valence-electron chi connectivity index (χ4n) is 3.74. The van der Waals surface area contributed by atoms with Crippen LogP contribution in [0.25, 0.3) is 0 Å².